The Morgan fingerprint density at radius 1 is 0.179 bits per heavy atom. The largest absolute Gasteiger partial charge is 0.456 e. The molecule has 0 N–H and O–H groups in total. The minimum Gasteiger partial charge on any atom is -0.456 e. The van der Waals surface area contributed by atoms with E-state index < -0.39 is 24.2 Å². The van der Waals surface area contributed by atoms with Crippen molar-refractivity contribution in [3.05, 3.63) is 218 Å². The third-order valence-electron chi connectivity index (χ3n) is 17.1. The van der Waals surface area contributed by atoms with Crippen molar-refractivity contribution < 1.29 is 37.9 Å². The van der Waals surface area contributed by atoms with Gasteiger partial charge in [-0.2, -0.15) is 0 Å². The SMILES string of the molecule is S=P12c3ccccc3Oc3cccc(c31)Oc1c2ccc2c3c(ccc12)P1(=S)c2ccccc2Oc2cccc(c21)O3.S=P12c3ccccc3Oc3cccc(c31)Oc1ccc3c4c(ccc3c12)Oc1cccc2c1P4(=S)c1ccccc1O2. The Morgan fingerprint density at radius 2 is 0.417 bits per heavy atom. The van der Waals surface area contributed by atoms with Crippen LogP contribution in [-0.2, 0) is 47.2 Å². The highest BCUT2D eigenvalue weighted by Gasteiger charge is 2.49. The second-order valence-electron chi connectivity index (χ2n) is 21.4. The van der Waals surface area contributed by atoms with Gasteiger partial charge in [0.1, 0.15) is 92.0 Å². The smallest absolute Gasteiger partial charge is 0.144 e. The first-order chi connectivity index (χ1) is 41.1. The molecule has 8 heterocycles. The molecule has 0 radical (unpaired) electrons. The van der Waals surface area contributed by atoms with Crippen molar-refractivity contribution in [2.45, 2.75) is 0 Å². The minimum absolute atomic E-state index is 0.754. The highest BCUT2D eigenvalue weighted by molar-refractivity contribution is 8.27. The average Bonchev–Trinajstić information content (AvgIpc) is 1.11. The quantitative estimate of drug-likeness (QED) is 0.136. The van der Waals surface area contributed by atoms with Gasteiger partial charge in [0.05, 0.1) is 45.4 Å². The summed E-state index contributed by atoms with van der Waals surface area (Å²) in [7, 11) is 0. The maximum absolute atomic E-state index is 6.87. The van der Waals surface area contributed by atoms with Gasteiger partial charge in [-0.15, -0.1) is 0 Å². The van der Waals surface area contributed by atoms with Gasteiger partial charge in [0.25, 0.3) is 0 Å². The molecule has 8 nitrogen and oxygen atoms in total. The zero-order chi connectivity index (χ0) is 55.6. The molecule has 0 saturated carbocycles. The highest BCUT2D eigenvalue weighted by atomic mass is 32.5. The van der Waals surface area contributed by atoms with Crippen LogP contribution in [-0.4, -0.2) is 0 Å². The summed E-state index contributed by atoms with van der Waals surface area (Å²) in [5.74, 6) is 12.5. The second-order valence-corrected chi connectivity index (χ2v) is 38.4. The van der Waals surface area contributed by atoms with Gasteiger partial charge in [-0.3, -0.25) is 0 Å². The van der Waals surface area contributed by atoms with Crippen LogP contribution in [0, 0.1) is 0 Å². The summed E-state index contributed by atoms with van der Waals surface area (Å²) in [5.41, 5.74) is 0. The average molecular weight is 1230 g/mol. The summed E-state index contributed by atoms with van der Waals surface area (Å²) in [5, 5.41) is 16.2. The van der Waals surface area contributed by atoms with Crippen LogP contribution >= 0.6 is 24.2 Å². The van der Waals surface area contributed by atoms with Gasteiger partial charge in [-0.1, -0.05) is 120 Å². The van der Waals surface area contributed by atoms with Crippen LogP contribution in [0.3, 0.4) is 0 Å². The zero-order valence-corrected chi connectivity index (χ0v) is 50.3. The van der Waals surface area contributed by atoms with Crippen LogP contribution in [0.2, 0.25) is 0 Å². The first kappa shape index (κ1) is 48.5. The fourth-order valence-corrected chi connectivity index (χ4v) is 32.3. The summed E-state index contributed by atoms with van der Waals surface area (Å²) in [6, 6.07) is 63.3. The van der Waals surface area contributed by atoms with E-state index in [0.717, 1.165) is 177 Å². The van der Waals surface area contributed by atoms with Crippen LogP contribution in [0.4, 0.5) is 0 Å². The molecule has 0 fully saturated rings. The van der Waals surface area contributed by atoms with E-state index in [1.807, 2.05) is 146 Å². The molecule has 400 valence electrons. The van der Waals surface area contributed by atoms with E-state index in [9.17, 15) is 0 Å². The van der Waals surface area contributed by atoms with E-state index in [1.54, 1.807) is 0 Å². The first-order valence-corrected chi connectivity index (χ1v) is 38.3. The van der Waals surface area contributed by atoms with Gasteiger partial charge in [0, 0.05) is 53.2 Å². The first-order valence-electron chi connectivity index (χ1n) is 27.1. The van der Waals surface area contributed by atoms with Gasteiger partial charge >= 0.3 is 0 Å². The summed E-state index contributed by atoms with van der Waals surface area (Å²) in [4.78, 5) is 0. The molecular formula is C68H36O8P4S4. The lowest BCUT2D eigenvalue weighted by Gasteiger charge is -2.40. The normalized spacial score (nSPS) is 21.0. The molecule has 0 amide bonds. The topological polar surface area (TPSA) is 73.8 Å². The molecule has 4 unspecified atom stereocenters. The number of rotatable bonds is 0. The van der Waals surface area contributed by atoms with Crippen molar-refractivity contribution in [1.82, 2.24) is 0 Å². The molecule has 8 aliphatic rings. The van der Waals surface area contributed by atoms with Crippen molar-refractivity contribution in [2.24, 2.45) is 0 Å². The molecule has 4 atom stereocenters. The van der Waals surface area contributed by atoms with Gasteiger partial charge < -0.3 is 37.9 Å². The predicted octanol–water partition coefficient (Wildman–Crippen LogP) is 13.5. The Morgan fingerprint density at radius 3 is 0.750 bits per heavy atom. The van der Waals surface area contributed by atoms with E-state index in [4.69, 9.17) is 85.1 Å². The molecule has 8 aliphatic heterocycles. The third-order valence-corrected chi connectivity index (χ3v) is 36.7. The molecule has 0 spiro atoms. The van der Waals surface area contributed by atoms with E-state index >= 15 is 0 Å². The highest BCUT2D eigenvalue weighted by Crippen LogP contribution is 2.65. The van der Waals surface area contributed by atoms with Crippen molar-refractivity contribution in [1.29, 1.82) is 0 Å². The molecule has 12 aromatic carbocycles. The Bertz CT molecular complexity index is 5000. The van der Waals surface area contributed by atoms with Gasteiger partial charge in [-0.05, 0) is 156 Å². The molecule has 12 aromatic rings. The maximum Gasteiger partial charge on any atom is 0.144 e. The third kappa shape index (κ3) is 6.05. The molecular weight excluding hydrogens is 1200 g/mol. The van der Waals surface area contributed by atoms with E-state index in [0.29, 0.717) is 0 Å². The molecule has 20 rings (SSSR count). The van der Waals surface area contributed by atoms with Crippen LogP contribution in [0.25, 0.3) is 21.5 Å². The number of para-hydroxylation sites is 4. The van der Waals surface area contributed by atoms with Gasteiger partial charge in [-0.25, -0.2) is 0 Å². The standard InChI is InChI=1S/2C34H18O4P2S2/c41-39-29-13-3-1-7-21(29)35-23-9-5-11-25(33(23)39)37-27-17-16-20-19(31(27)39)15-18-28-32(20)40(42)30-14-4-2-8-22(30)36-24-10-6-12-26(38-28)34(24)40;41-39-27-13-3-1-7-21(27)35-23-9-5-11-25(33(23)39)37-31-19-16-18-30-32(20(19)15-17-29(31)39)38-26-12-6-10-24-34(26)40(30,42)28-14-4-2-8-22(28)36-24/h2*1-18H. The molecule has 84 heavy (non-hydrogen) atoms. The Kier molecular flexibility index (Phi) is 9.79. The zero-order valence-electron chi connectivity index (χ0n) is 43.5. The van der Waals surface area contributed by atoms with E-state index in [2.05, 4.69) is 72.8 Å². The summed E-state index contributed by atoms with van der Waals surface area (Å²) >= 11 is 27.2. The summed E-state index contributed by atoms with van der Waals surface area (Å²) < 4.78 is 52.1. The molecule has 16 heteroatoms. The Balaban J connectivity index is 0.000000124. The molecule has 0 saturated heterocycles. The number of fused-ring (bicyclic) bond motifs is 22. The predicted molar refractivity (Wildman–Crippen MR) is 353 cm³/mol. The maximum atomic E-state index is 6.87. The summed E-state index contributed by atoms with van der Waals surface area (Å²) in [6.07, 6.45) is 0. The molecule has 0 aromatic heterocycles. The van der Waals surface area contributed by atoms with Crippen molar-refractivity contribution in [2.75, 3.05) is 0 Å². The lowest BCUT2D eigenvalue weighted by molar-refractivity contribution is 0.465. The van der Waals surface area contributed by atoms with Crippen molar-refractivity contribution >= 4 is 157 Å². The number of ether oxygens (including phenoxy) is 8. The number of hydrogen-bond acceptors (Lipinski definition) is 12. The van der Waals surface area contributed by atoms with Crippen LogP contribution in [0.5, 0.6) is 92.0 Å². The van der Waals surface area contributed by atoms with Crippen LogP contribution in [0.1, 0.15) is 0 Å². The monoisotopic (exact) mass is 1230 g/mol. The van der Waals surface area contributed by atoms with E-state index in [-0.39, 0.29) is 0 Å². The Labute approximate surface area is 501 Å². The van der Waals surface area contributed by atoms with E-state index in [1.165, 1.54) is 0 Å². The lowest BCUT2D eigenvalue weighted by atomic mass is 10.1. The van der Waals surface area contributed by atoms with Gasteiger partial charge in [0.2, 0.25) is 0 Å². The Hall–Kier alpha value is -7.84. The van der Waals surface area contributed by atoms with Gasteiger partial charge in [0.15, 0.2) is 0 Å². The van der Waals surface area contributed by atoms with Crippen LogP contribution < -0.4 is 102 Å². The minimum atomic E-state index is -2.58. The summed E-state index contributed by atoms with van der Waals surface area (Å²) in [6.45, 7) is 0. The molecule has 0 bridgehead atoms. The lowest BCUT2D eigenvalue weighted by Crippen LogP contribution is -2.37. The number of benzene rings is 12. The second kappa shape index (κ2) is 17.0. The fourth-order valence-electron chi connectivity index (χ4n) is 13.7. The fraction of sp³-hybridized carbons (Fsp3) is 0. The number of hydrogen-bond donors (Lipinski definition) is 0. The van der Waals surface area contributed by atoms with Crippen molar-refractivity contribution in [3.8, 4) is 92.0 Å². The van der Waals surface area contributed by atoms with Crippen molar-refractivity contribution in [3.63, 3.8) is 0 Å². The molecule has 0 aliphatic carbocycles. The van der Waals surface area contributed by atoms with Crippen LogP contribution in [0.15, 0.2) is 218 Å².